The number of aliphatic imine (C=N–C) groups is 1. The highest BCUT2D eigenvalue weighted by atomic mass is 35.5. The normalized spacial score (nSPS) is 15.1. The van der Waals surface area contributed by atoms with Gasteiger partial charge in [-0.05, 0) is 43.3 Å². The molecule has 4 N–H and O–H groups in total. The molecule has 0 radical (unpaired) electrons. The topological polar surface area (TPSA) is 125 Å². The molecule has 5 aromatic heterocycles. The van der Waals surface area contributed by atoms with Crippen LogP contribution < -0.4 is 5.73 Å². The minimum Gasteiger partial charge on any atom is -0.353 e. The quantitative estimate of drug-likeness (QED) is 0.226. The van der Waals surface area contributed by atoms with Crippen molar-refractivity contribution in [2.24, 2.45) is 10.7 Å². The number of thiophene rings is 1. The number of imidazole rings is 1. The van der Waals surface area contributed by atoms with Crippen molar-refractivity contribution in [2.75, 3.05) is 13.1 Å². The zero-order chi connectivity index (χ0) is 24.8. The van der Waals surface area contributed by atoms with Crippen LogP contribution in [-0.2, 0) is 0 Å². The standard InChI is InChI=1S/C25H22ClN9S/c1-3-14(29-20(4-2)35-11-13(27)12-35)15-5-6-17-22(30-15)24(34-33-17)25-31-16-9-10-28-23(21(16)32-25)18-7-8-19(26)36-18/h3-10,13H,2,11-12,27H2,1H3,(H,31,32)(H,33,34)/b14-3-,29-20+. The highest BCUT2D eigenvalue weighted by molar-refractivity contribution is 7.19. The summed E-state index contributed by atoms with van der Waals surface area (Å²) in [5.41, 5.74) is 11.9. The smallest absolute Gasteiger partial charge is 0.161 e. The third-order valence-electron chi connectivity index (χ3n) is 6.03. The van der Waals surface area contributed by atoms with Crippen molar-refractivity contribution in [1.82, 2.24) is 35.0 Å². The van der Waals surface area contributed by atoms with Crippen molar-refractivity contribution in [1.29, 1.82) is 0 Å². The molecule has 0 aromatic carbocycles. The summed E-state index contributed by atoms with van der Waals surface area (Å²) in [5, 5.41) is 7.58. The van der Waals surface area contributed by atoms with Crippen LogP contribution >= 0.6 is 22.9 Å². The van der Waals surface area contributed by atoms with E-state index in [0.29, 0.717) is 21.4 Å². The van der Waals surface area contributed by atoms with Gasteiger partial charge in [-0.3, -0.25) is 10.1 Å². The minimum atomic E-state index is 0.170. The van der Waals surface area contributed by atoms with Gasteiger partial charge in [0.05, 0.1) is 31.6 Å². The van der Waals surface area contributed by atoms with Crippen molar-refractivity contribution in [3.63, 3.8) is 0 Å². The minimum absolute atomic E-state index is 0.170. The Balaban J connectivity index is 1.41. The van der Waals surface area contributed by atoms with Crippen LogP contribution in [-0.4, -0.2) is 60.0 Å². The number of fused-ring (bicyclic) bond motifs is 2. The fourth-order valence-corrected chi connectivity index (χ4v) is 5.26. The first kappa shape index (κ1) is 22.6. The predicted octanol–water partition coefficient (Wildman–Crippen LogP) is 4.87. The number of hydrogen-bond acceptors (Lipinski definition) is 7. The molecule has 9 nitrogen and oxygen atoms in total. The number of allylic oxidation sites excluding steroid dienone is 1. The fourth-order valence-electron chi connectivity index (χ4n) is 4.21. The van der Waals surface area contributed by atoms with Crippen LogP contribution in [0.2, 0.25) is 4.34 Å². The molecular formula is C25H22ClN9S. The summed E-state index contributed by atoms with van der Waals surface area (Å²) in [6.45, 7) is 7.38. The number of aromatic nitrogens is 6. The highest BCUT2D eigenvalue weighted by Crippen LogP contribution is 2.35. The lowest BCUT2D eigenvalue weighted by Gasteiger charge is -2.38. The number of amidine groups is 1. The molecule has 0 unspecified atom stereocenters. The molecular weight excluding hydrogens is 494 g/mol. The number of halogens is 1. The number of aromatic amines is 2. The Morgan fingerprint density at radius 1 is 1.17 bits per heavy atom. The summed E-state index contributed by atoms with van der Waals surface area (Å²) in [6.07, 6.45) is 5.44. The monoisotopic (exact) mass is 515 g/mol. The van der Waals surface area contributed by atoms with Crippen LogP contribution in [0.5, 0.6) is 0 Å². The van der Waals surface area contributed by atoms with E-state index < -0.39 is 0 Å². The van der Waals surface area contributed by atoms with Crippen LogP contribution in [0, 0.1) is 0 Å². The first-order valence-corrected chi connectivity index (χ1v) is 12.6. The number of H-pyrrole nitrogens is 2. The molecule has 0 aliphatic carbocycles. The van der Waals surface area contributed by atoms with Gasteiger partial charge in [0.1, 0.15) is 22.6 Å². The summed E-state index contributed by atoms with van der Waals surface area (Å²) in [7, 11) is 0. The summed E-state index contributed by atoms with van der Waals surface area (Å²) in [6, 6.07) is 9.74. The Morgan fingerprint density at radius 2 is 2.00 bits per heavy atom. The molecule has 11 heteroatoms. The maximum absolute atomic E-state index is 6.15. The van der Waals surface area contributed by atoms with Gasteiger partial charge in [0.25, 0.3) is 0 Å². The van der Waals surface area contributed by atoms with Gasteiger partial charge in [0.15, 0.2) is 11.5 Å². The highest BCUT2D eigenvalue weighted by Gasteiger charge is 2.25. The zero-order valence-corrected chi connectivity index (χ0v) is 20.9. The van der Waals surface area contributed by atoms with E-state index in [0.717, 1.165) is 57.4 Å². The number of nitrogens with two attached hydrogens (primary N) is 1. The molecule has 5 aromatic rings. The first-order valence-electron chi connectivity index (χ1n) is 11.4. The van der Waals surface area contributed by atoms with E-state index in [1.807, 2.05) is 43.3 Å². The van der Waals surface area contributed by atoms with Gasteiger partial charge in [-0.2, -0.15) is 5.10 Å². The second-order valence-corrected chi connectivity index (χ2v) is 10.1. The Morgan fingerprint density at radius 3 is 2.72 bits per heavy atom. The van der Waals surface area contributed by atoms with Crippen molar-refractivity contribution in [3.05, 3.63) is 65.3 Å². The van der Waals surface area contributed by atoms with Crippen molar-refractivity contribution in [3.8, 4) is 22.1 Å². The Labute approximate surface area is 215 Å². The molecule has 1 fully saturated rings. The van der Waals surface area contributed by atoms with Crippen molar-refractivity contribution < 1.29 is 0 Å². The Hall–Kier alpha value is -3.86. The molecule has 1 saturated heterocycles. The third-order valence-corrected chi connectivity index (χ3v) is 7.26. The van der Waals surface area contributed by atoms with Crippen LogP contribution in [0.25, 0.3) is 49.9 Å². The van der Waals surface area contributed by atoms with E-state index in [4.69, 9.17) is 32.3 Å². The molecule has 0 atom stereocenters. The van der Waals surface area contributed by atoms with Crippen LogP contribution in [0.4, 0.5) is 0 Å². The van der Waals surface area contributed by atoms with Gasteiger partial charge in [-0.1, -0.05) is 24.3 Å². The summed E-state index contributed by atoms with van der Waals surface area (Å²) in [4.78, 5) is 25.5. The number of likely N-dealkylation sites (tertiary alicyclic amines) is 1. The number of pyridine rings is 2. The maximum atomic E-state index is 6.15. The molecule has 36 heavy (non-hydrogen) atoms. The van der Waals surface area contributed by atoms with Crippen LogP contribution in [0.15, 0.2) is 60.3 Å². The second-order valence-electron chi connectivity index (χ2n) is 8.42. The van der Waals surface area contributed by atoms with Crippen molar-refractivity contribution >= 4 is 56.5 Å². The van der Waals surface area contributed by atoms with Crippen molar-refractivity contribution in [2.45, 2.75) is 13.0 Å². The summed E-state index contributed by atoms with van der Waals surface area (Å²) >= 11 is 7.62. The third kappa shape index (κ3) is 3.89. The van der Waals surface area contributed by atoms with E-state index in [1.165, 1.54) is 11.3 Å². The molecule has 0 bridgehead atoms. The first-order chi connectivity index (χ1) is 17.5. The Bertz CT molecular complexity index is 1670. The number of rotatable bonds is 5. The van der Waals surface area contributed by atoms with E-state index in [1.54, 1.807) is 12.3 Å². The molecule has 1 aliphatic rings. The Kier molecular flexibility index (Phi) is 5.63. The van der Waals surface area contributed by atoms with Crippen LogP contribution in [0.1, 0.15) is 12.6 Å². The molecule has 0 amide bonds. The SMILES string of the molecule is C=C/C(=N\C(=C/C)c1ccc2[nH]nc(-c3nc4c(-c5ccc(Cl)s5)nccc4[nH]3)c2n1)N1CC(N)C1. The van der Waals surface area contributed by atoms with E-state index in [9.17, 15) is 0 Å². The van der Waals surface area contributed by atoms with E-state index in [-0.39, 0.29) is 6.04 Å². The molecule has 6 rings (SSSR count). The van der Waals surface area contributed by atoms with Gasteiger partial charge in [-0.15, -0.1) is 11.3 Å². The summed E-state index contributed by atoms with van der Waals surface area (Å²) in [5.74, 6) is 1.38. The molecule has 180 valence electrons. The largest absolute Gasteiger partial charge is 0.353 e. The average Bonchev–Trinajstić information content (AvgIpc) is 3.60. The maximum Gasteiger partial charge on any atom is 0.161 e. The molecule has 1 aliphatic heterocycles. The second kappa shape index (κ2) is 8.98. The van der Waals surface area contributed by atoms with Gasteiger partial charge in [-0.25, -0.2) is 15.0 Å². The van der Waals surface area contributed by atoms with Gasteiger partial charge < -0.3 is 15.6 Å². The van der Waals surface area contributed by atoms with E-state index in [2.05, 4.69) is 31.6 Å². The summed E-state index contributed by atoms with van der Waals surface area (Å²) < 4.78 is 0.702. The lowest BCUT2D eigenvalue weighted by atomic mass is 10.1. The molecule has 0 saturated carbocycles. The number of nitrogens with one attached hydrogen (secondary N) is 2. The van der Waals surface area contributed by atoms with Gasteiger partial charge >= 0.3 is 0 Å². The predicted molar refractivity (Wildman–Crippen MR) is 146 cm³/mol. The molecule has 6 heterocycles. The fraction of sp³-hybridized carbons (Fsp3) is 0.160. The lowest BCUT2D eigenvalue weighted by Crippen LogP contribution is -2.57. The average molecular weight is 516 g/mol. The number of nitrogens with zero attached hydrogens (tertiary/aromatic N) is 6. The lowest BCUT2D eigenvalue weighted by molar-refractivity contribution is 0.256. The number of hydrogen-bond donors (Lipinski definition) is 3. The van der Waals surface area contributed by atoms with Crippen LogP contribution in [0.3, 0.4) is 0 Å². The van der Waals surface area contributed by atoms with E-state index >= 15 is 0 Å². The van der Waals surface area contributed by atoms with Gasteiger partial charge in [0.2, 0.25) is 0 Å². The molecule has 0 spiro atoms. The zero-order valence-electron chi connectivity index (χ0n) is 19.4. The van der Waals surface area contributed by atoms with Gasteiger partial charge in [0, 0.05) is 25.3 Å².